The summed E-state index contributed by atoms with van der Waals surface area (Å²) in [4.78, 5) is 35.7. The maximum absolute atomic E-state index is 5.31. The van der Waals surface area contributed by atoms with Gasteiger partial charge < -0.3 is 9.80 Å². The summed E-state index contributed by atoms with van der Waals surface area (Å²) >= 11 is 0. The summed E-state index contributed by atoms with van der Waals surface area (Å²) in [6.07, 6.45) is 0.821. The zero-order valence-corrected chi connectivity index (χ0v) is 56.5. The van der Waals surface area contributed by atoms with Gasteiger partial charge in [0.05, 0.1) is 22.7 Å². The third-order valence-electron chi connectivity index (χ3n) is 19.5. The van der Waals surface area contributed by atoms with Crippen molar-refractivity contribution in [1.82, 2.24) is 29.9 Å². The Kier molecular flexibility index (Phi) is 15.5. The molecule has 0 N–H and O–H groups in total. The van der Waals surface area contributed by atoms with Gasteiger partial charge in [-0.25, -0.2) is 29.9 Å². The van der Waals surface area contributed by atoms with Crippen LogP contribution in [0, 0.1) is 0 Å². The zero-order chi connectivity index (χ0) is 65.4. The van der Waals surface area contributed by atoms with Crippen molar-refractivity contribution in [1.29, 1.82) is 0 Å². The average molecular weight is 1230 g/mol. The van der Waals surface area contributed by atoms with E-state index < -0.39 is 0 Å². The molecule has 0 bridgehead atoms. The molecule has 14 rings (SSSR count). The molecule has 8 heteroatoms. The molecule has 1 atom stereocenters. The average Bonchev–Trinajstić information content (AvgIpc) is 0.730. The van der Waals surface area contributed by atoms with E-state index in [-0.39, 0.29) is 27.6 Å². The second-order valence-electron chi connectivity index (χ2n) is 29.2. The van der Waals surface area contributed by atoms with E-state index in [2.05, 4.69) is 258 Å². The summed E-state index contributed by atoms with van der Waals surface area (Å²) in [5.41, 5.74) is 23.7. The van der Waals surface area contributed by atoms with Gasteiger partial charge in [0.2, 0.25) is 0 Å². The number of benzene rings is 10. The first-order chi connectivity index (χ1) is 45.1. The number of rotatable bonds is 12. The second-order valence-corrected chi connectivity index (χ2v) is 29.2. The maximum Gasteiger partial charge on any atom is 0.164 e. The van der Waals surface area contributed by atoms with Crippen LogP contribution in [0.25, 0.3) is 68.3 Å². The molecule has 0 spiro atoms. The van der Waals surface area contributed by atoms with Gasteiger partial charge in [0.25, 0.3) is 0 Å². The third kappa shape index (κ3) is 11.5. The van der Waals surface area contributed by atoms with Crippen LogP contribution < -0.4 is 9.80 Å². The van der Waals surface area contributed by atoms with Gasteiger partial charge >= 0.3 is 0 Å². The molecule has 0 amide bonds. The number of hydrogen-bond acceptors (Lipinski definition) is 8. The third-order valence-corrected chi connectivity index (χ3v) is 19.5. The quantitative estimate of drug-likeness (QED) is 0.120. The van der Waals surface area contributed by atoms with E-state index in [0.29, 0.717) is 40.9 Å². The molecule has 94 heavy (non-hydrogen) atoms. The fourth-order valence-corrected chi connectivity index (χ4v) is 13.8. The predicted octanol–water partition coefficient (Wildman–Crippen LogP) is 22.3. The van der Waals surface area contributed by atoms with Gasteiger partial charge in [0.1, 0.15) is 0 Å². The minimum atomic E-state index is -0.296. The molecule has 466 valence electrons. The Bertz CT molecular complexity index is 4680. The Morgan fingerprint density at radius 3 is 1.01 bits per heavy atom. The predicted molar refractivity (Wildman–Crippen MR) is 390 cm³/mol. The SMILES string of the molecule is CC(C)c1ccc2c(c1)C(C)(C)c1cc(C(C)Cc3cccc(-c4nc(-c5ccccc5)nc(-c5ccc(N6c7ccc(C(C)(C)C)cc7C(C)(C)c7cc(C(C)(C)C)ccc76)cc5)n4)c3)ccc1N2c1ccc(-c2nc(-c3ccccc3)nc(-c3ccccc3)n2)cc1. The maximum atomic E-state index is 5.31. The summed E-state index contributed by atoms with van der Waals surface area (Å²) in [6, 6.07) is 85.3. The highest BCUT2D eigenvalue weighted by Gasteiger charge is 2.40. The fourth-order valence-electron chi connectivity index (χ4n) is 13.8. The van der Waals surface area contributed by atoms with Crippen LogP contribution in [0.4, 0.5) is 34.1 Å². The van der Waals surface area contributed by atoms with Crippen LogP contribution in [0.2, 0.25) is 0 Å². The molecule has 0 saturated heterocycles. The first-order valence-electron chi connectivity index (χ1n) is 33.2. The summed E-state index contributed by atoms with van der Waals surface area (Å²) in [5.74, 6) is 4.37. The first kappa shape index (κ1) is 61.3. The van der Waals surface area contributed by atoms with E-state index in [4.69, 9.17) is 29.9 Å². The zero-order valence-electron chi connectivity index (χ0n) is 56.5. The first-order valence-corrected chi connectivity index (χ1v) is 33.2. The van der Waals surface area contributed by atoms with Crippen LogP contribution in [0.15, 0.2) is 237 Å². The molecule has 0 fully saturated rings. The summed E-state index contributed by atoms with van der Waals surface area (Å²) < 4.78 is 0. The van der Waals surface area contributed by atoms with E-state index in [1.807, 2.05) is 78.9 Å². The molecule has 0 aliphatic carbocycles. The number of aromatic nitrogens is 6. The smallest absolute Gasteiger partial charge is 0.164 e. The Morgan fingerprint density at radius 1 is 0.319 bits per heavy atom. The van der Waals surface area contributed by atoms with Gasteiger partial charge in [-0.3, -0.25) is 0 Å². The highest BCUT2D eigenvalue weighted by atomic mass is 15.2. The molecule has 2 aromatic heterocycles. The van der Waals surface area contributed by atoms with E-state index in [1.54, 1.807) is 0 Å². The van der Waals surface area contributed by atoms with E-state index in [0.717, 1.165) is 51.2 Å². The number of hydrogen-bond donors (Lipinski definition) is 0. The molecule has 0 radical (unpaired) electrons. The van der Waals surface area contributed by atoms with Crippen molar-refractivity contribution in [2.75, 3.05) is 9.80 Å². The Hall–Kier alpha value is -10.2. The minimum Gasteiger partial charge on any atom is -0.310 e. The van der Waals surface area contributed by atoms with Crippen LogP contribution in [0.1, 0.15) is 152 Å². The van der Waals surface area contributed by atoms with Crippen molar-refractivity contribution in [2.45, 2.75) is 130 Å². The Morgan fingerprint density at radius 2 is 0.638 bits per heavy atom. The minimum absolute atomic E-state index is 0.00475. The molecule has 2 aliphatic rings. The lowest BCUT2D eigenvalue weighted by atomic mass is 9.70. The molecule has 8 nitrogen and oxygen atoms in total. The lowest BCUT2D eigenvalue weighted by Crippen LogP contribution is -2.32. The lowest BCUT2D eigenvalue weighted by Gasteiger charge is -2.43. The largest absolute Gasteiger partial charge is 0.310 e. The van der Waals surface area contributed by atoms with E-state index in [9.17, 15) is 0 Å². The molecule has 1 unspecified atom stereocenters. The Balaban J connectivity index is 0.782. The van der Waals surface area contributed by atoms with Crippen LogP contribution in [-0.4, -0.2) is 29.9 Å². The monoisotopic (exact) mass is 1230 g/mol. The van der Waals surface area contributed by atoms with Gasteiger partial charge in [0.15, 0.2) is 34.9 Å². The molecular formula is C86H82N8. The van der Waals surface area contributed by atoms with Gasteiger partial charge in [0, 0.05) is 55.6 Å². The van der Waals surface area contributed by atoms with Gasteiger partial charge in [-0.1, -0.05) is 248 Å². The van der Waals surface area contributed by atoms with Crippen molar-refractivity contribution in [3.8, 4) is 68.3 Å². The lowest BCUT2D eigenvalue weighted by molar-refractivity contribution is 0.573. The summed E-state index contributed by atoms with van der Waals surface area (Å²) in [5, 5.41) is 0. The second kappa shape index (κ2) is 23.7. The topological polar surface area (TPSA) is 83.8 Å². The highest BCUT2D eigenvalue weighted by Crippen LogP contribution is 2.55. The Labute approximate surface area is 555 Å². The van der Waals surface area contributed by atoms with Crippen LogP contribution in [-0.2, 0) is 28.1 Å². The molecule has 0 saturated carbocycles. The summed E-state index contributed by atoms with van der Waals surface area (Å²) in [7, 11) is 0. The van der Waals surface area contributed by atoms with Crippen molar-refractivity contribution < 1.29 is 0 Å². The molecule has 10 aromatic carbocycles. The molecule has 12 aromatic rings. The van der Waals surface area contributed by atoms with Crippen molar-refractivity contribution in [3.63, 3.8) is 0 Å². The molecule has 2 aliphatic heterocycles. The highest BCUT2D eigenvalue weighted by molar-refractivity contribution is 5.89. The van der Waals surface area contributed by atoms with E-state index >= 15 is 0 Å². The van der Waals surface area contributed by atoms with Crippen LogP contribution in [0.5, 0.6) is 0 Å². The number of fused-ring (bicyclic) bond motifs is 4. The number of nitrogens with zero attached hydrogens (tertiary/aromatic N) is 8. The fraction of sp³-hybridized carbons (Fsp3) is 0.233. The summed E-state index contributed by atoms with van der Waals surface area (Å²) in [6.45, 7) is 30.3. The normalized spacial score (nSPS) is 14.2. The van der Waals surface area contributed by atoms with Crippen LogP contribution >= 0.6 is 0 Å². The van der Waals surface area contributed by atoms with Gasteiger partial charge in [-0.05, 0) is 158 Å². The molecular weight excluding hydrogens is 1150 g/mol. The van der Waals surface area contributed by atoms with Gasteiger partial charge in [-0.2, -0.15) is 0 Å². The van der Waals surface area contributed by atoms with Gasteiger partial charge in [-0.15, -0.1) is 0 Å². The van der Waals surface area contributed by atoms with Crippen LogP contribution in [0.3, 0.4) is 0 Å². The van der Waals surface area contributed by atoms with Crippen molar-refractivity contribution in [2.24, 2.45) is 0 Å². The molecule has 4 heterocycles. The van der Waals surface area contributed by atoms with E-state index in [1.165, 1.54) is 72.8 Å². The number of anilines is 6. The van der Waals surface area contributed by atoms with Crippen molar-refractivity contribution in [3.05, 3.63) is 287 Å². The van der Waals surface area contributed by atoms with Crippen molar-refractivity contribution >= 4 is 34.1 Å². The standard InChI is InChI=1S/C86H82N8/c1-54(2)62-36-44-73-69(50-62)85(10,11)70-51-63(37-45-74(70)93(73)67-40-32-60(33-41-67)80-88-77(57-25-17-14-18-26-57)87-78(89-80)58-27-19-15-20-28-58)55(3)48-56-24-23-31-64(49-56)82-91-79(59-29-21-16-22-30-59)90-81(92-82)61-34-42-68(43-35-61)94-75-46-38-65(83(4,5)6)52-71(75)86(12,13)72-53-66(84(7,8)9)39-47-76(72)94/h14-47,49-55H,48H2,1-13H3.